The topological polar surface area (TPSA) is 78.6 Å². The predicted octanol–water partition coefficient (Wildman–Crippen LogP) is 5.19. The van der Waals surface area contributed by atoms with Crippen LogP contribution in [0.15, 0.2) is 12.4 Å². The number of hydrogen-bond acceptors (Lipinski definition) is 6. The van der Waals surface area contributed by atoms with Crippen LogP contribution in [0.1, 0.15) is 91.5 Å². The Morgan fingerprint density at radius 1 is 1.00 bits per heavy atom. The molecule has 10 heteroatoms. The molecule has 3 aromatic heterocycles. The van der Waals surface area contributed by atoms with Gasteiger partial charge in [0.1, 0.15) is 11.3 Å². The predicted molar refractivity (Wildman–Crippen MR) is 120 cm³/mol. The highest BCUT2D eigenvalue weighted by Gasteiger charge is 2.79. The average molecular weight is 485 g/mol. The first-order valence-electron chi connectivity index (χ1n) is 12.4. The molecule has 0 N–H and O–H groups in total. The van der Waals surface area contributed by atoms with Crippen molar-refractivity contribution in [2.75, 3.05) is 6.61 Å². The summed E-state index contributed by atoms with van der Waals surface area (Å²) in [4.78, 5) is 19.1. The second kappa shape index (κ2) is 6.99. The van der Waals surface area contributed by atoms with E-state index >= 15 is 0 Å². The first-order chi connectivity index (χ1) is 16.7. The zero-order valence-corrected chi connectivity index (χ0v) is 19.8. The number of ether oxygens (including phenoxy) is 1. The molecule has 7 nitrogen and oxygen atoms in total. The van der Waals surface area contributed by atoms with Gasteiger partial charge in [-0.05, 0) is 58.8 Å². The van der Waals surface area contributed by atoms with Crippen molar-refractivity contribution in [2.24, 2.45) is 5.41 Å². The van der Waals surface area contributed by atoms with E-state index in [1.54, 1.807) is 0 Å². The number of aromatic nitrogens is 6. The molecule has 4 aliphatic carbocycles. The number of fused-ring (bicyclic) bond motifs is 1. The molecular formula is C25H27F3N6O. The first kappa shape index (κ1) is 21.6. The van der Waals surface area contributed by atoms with Crippen LogP contribution in [0.5, 0.6) is 0 Å². The second-order valence-electron chi connectivity index (χ2n) is 11.2. The van der Waals surface area contributed by atoms with E-state index in [0.29, 0.717) is 41.8 Å². The van der Waals surface area contributed by atoms with Crippen molar-refractivity contribution >= 4 is 11.2 Å². The Morgan fingerprint density at radius 2 is 1.74 bits per heavy atom. The highest BCUT2D eigenvalue weighted by atomic mass is 19.4. The zero-order chi connectivity index (χ0) is 24.2. The van der Waals surface area contributed by atoms with E-state index in [-0.39, 0.29) is 31.3 Å². The Hall–Kier alpha value is -2.62. The van der Waals surface area contributed by atoms with Crippen molar-refractivity contribution in [3.8, 4) is 0 Å². The van der Waals surface area contributed by atoms with Crippen molar-refractivity contribution in [3.63, 3.8) is 0 Å². The summed E-state index contributed by atoms with van der Waals surface area (Å²) in [5.74, 6) is 0.687. The molecule has 4 saturated carbocycles. The third-order valence-electron chi connectivity index (χ3n) is 8.66. The van der Waals surface area contributed by atoms with Crippen LogP contribution < -0.4 is 0 Å². The van der Waals surface area contributed by atoms with E-state index in [0.717, 1.165) is 23.4 Å². The molecular weight excluding hydrogens is 457 g/mol. The van der Waals surface area contributed by atoms with Crippen LogP contribution in [-0.4, -0.2) is 42.5 Å². The van der Waals surface area contributed by atoms with Crippen molar-refractivity contribution in [1.29, 1.82) is 0 Å². The summed E-state index contributed by atoms with van der Waals surface area (Å²) < 4.78 is 48.9. The van der Waals surface area contributed by atoms with Crippen LogP contribution in [0.2, 0.25) is 0 Å². The number of alkyl halides is 3. The number of halogens is 3. The van der Waals surface area contributed by atoms with Crippen LogP contribution in [0.25, 0.3) is 11.2 Å². The zero-order valence-electron chi connectivity index (χ0n) is 19.8. The van der Waals surface area contributed by atoms with Crippen molar-refractivity contribution < 1.29 is 17.9 Å². The van der Waals surface area contributed by atoms with Gasteiger partial charge in [0.15, 0.2) is 5.65 Å². The molecule has 0 aromatic carbocycles. The number of rotatable bonds is 4. The van der Waals surface area contributed by atoms with Gasteiger partial charge in [0.05, 0.1) is 40.8 Å². The fraction of sp³-hybridized carbons (Fsp3) is 0.640. The average Bonchev–Trinajstić information content (AvgIpc) is 3.48. The van der Waals surface area contributed by atoms with Gasteiger partial charge in [0.25, 0.3) is 0 Å². The van der Waals surface area contributed by atoms with Crippen molar-refractivity contribution in [1.82, 2.24) is 29.7 Å². The van der Waals surface area contributed by atoms with Crippen molar-refractivity contribution in [2.45, 2.75) is 88.4 Å². The molecule has 184 valence electrons. The minimum atomic E-state index is -4.17. The van der Waals surface area contributed by atoms with Gasteiger partial charge in [-0.15, -0.1) is 0 Å². The molecule has 8 rings (SSSR count). The highest BCUT2D eigenvalue weighted by molar-refractivity contribution is 5.75. The van der Waals surface area contributed by atoms with Crippen LogP contribution >= 0.6 is 0 Å². The summed E-state index contributed by atoms with van der Waals surface area (Å²) >= 11 is 0. The molecule has 2 atom stereocenters. The van der Waals surface area contributed by atoms with Gasteiger partial charge in [0.2, 0.25) is 0 Å². The van der Waals surface area contributed by atoms with Crippen LogP contribution in [0, 0.1) is 19.3 Å². The van der Waals surface area contributed by atoms with E-state index in [1.807, 2.05) is 24.7 Å². The largest absolute Gasteiger partial charge is 0.394 e. The fourth-order valence-electron chi connectivity index (χ4n) is 6.34. The Balaban J connectivity index is 1.24. The summed E-state index contributed by atoms with van der Waals surface area (Å²) in [5.41, 5.74) is 2.16. The normalized spacial score (nSPS) is 32.4. The van der Waals surface area contributed by atoms with Gasteiger partial charge in [-0.3, -0.25) is 4.68 Å². The molecule has 0 radical (unpaired) electrons. The van der Waals surface area contributed by atoms with Crippen molar-refractivity contribution in [3.05, 3.63) is 40.9 Å². The van der Waals surface area contributed by atoms with Gasteiger partial charge in [-0.2, -0.15) is 18.3 Å². The van der Waals surface area contributed by atoms with Gasteiger partial charge in [-0.25, -0.2) is 19.9 Å². The maximum Gasteiger partial charge on any atom is 0.394 e. The van der Waals surface area contributed by atoms with E-state index in [2.05, 4.69) is 16.3 Å². The maximum atomic E-state index is 13.6. The minimum Gasteiger partial charge on any atom is -0.373 e. The quantitative estimate of drug-likeness (QED) is 0.507. The van der Waals surface area contributed by atoms with Gasteiger partial charge in [0, 0.05) is 29.7 Å². The molecule has 3 aromatic rings. The third-order valence-corrected chi connectivity index (χ3v) is 8.66. The van der Waals surface area contributed by atoms with E-state index in [1.165, 1.54) is 12.8 Å². The second-order valence-corrected chi connectivity index (χ2v) is 11.2. The van der Waals surface area contributed by atoms with Gasteiger partial charge >= 0.3 is 6.18 Å². The Morgan fingerprint density at radius 3 is 2.46 bits per heavy atom. The lowest BCUT2D eigenvalue weighted by molar-refractivity contribution is -0.337. The molecule has 1 aliphatic heterocycles. The molecule has 0 unspecified atom stereocenters. The summed E-state index contributed by atoms with van der Waals surface area (Å²) in [5, 5.41) is 4.50. The third kappa shape index (κ3) is 3.17. The molecule has 2 bridgehead atoms. The van der Waals surface area contributed by atoms with Gasteiger partial charge in [-0.1, -0.05) is 0 Å². The van der Waals surface area contributed by atoms with Crippen LogP contribution in [-0.2, 0) is 10.2 Å². The summed E-state index contributed by atoms with van der Waals surface area (Å²) in [7, 11) is 0. The molecule has 0 amide bonds. The molecule has 4 heterocycles. The lowest BCUT2D eigenvalue weighted by Gasteiger charge is -2.70. The number of nitrogens with zero attached hydrogens (tertiary/aromatic N) is 6. The lowest BCUT2D eigenvalue weighted by Crippen LogP contribution is -2.70. The lowest BCUT2D eigenvalue weighted by atomic mass is 9.34. The smallest absolute Gasteiger partial charge is 0.373 e. The Kier molecular flexibility index (Phi) is 4.32. The van der Waals surface area contributed by atoms with E-state index in [9.17, 15) is 13.2 Å². The number of hydrogen-bond donors (Lipinski definition) is 0. The van der Waals surface area contributed by atoms with Crippen LogP contribution in [0.3, 0.4) is 0 Å². The standard InChI is InChI=1S/C25H27F3N6O/c1-13-14(2)31-22-19(30-13)20(23-10-24(11-23,12-23)25(26,27)28)32-21(33-22)15-5-6-35-18(7-15)16-8-29-34(9-16)17-3-4-17/h8-9,15,17-18H,3-7,10-12H2,1-2H3/t15-,18-,23?,24?/m0/s1. The Bertz CT molecular complexity index is 1330. The fourth-order valence-corrected chi connectivity index (χ4v) is 6.34. The summed E-state index contributed by atoms with van der Waals surface area (Å²) in [6, 6.07) is 0.507. The minimum absolute atomic E-state index is 0.0357. The van der Waals surface area contributed by atoms with Gasteiger partial charge < -0.3 is 4.74 Å². The first-order valence-corrected chi connectivity index (χ1v) is 12.4. The number of aryl methyl sites for hydroxylation is 2. The highest BCUT2D eigenvalue weighted by Crippen LogP contribution is 2.78. The SMILES string of the molecule is Cc1nc2nc([C@H]3CCO[C@H](c4cnn(C5CC5)c4)C3)nc(C34CC(C(F)(F)F)(C3)C4)c2nc1C. The monoisotopic (exact) mass is 484 g/mol. The maximum absolute atomic E-state index is 13.6. The summed E-state index contributed by atoms with van der Waals surface area (Å²) in [6.07, 6.45) is 3.74. The molecule has 5 aliphatic rings. The van der Waals surface area contributed by atoms with E-state index in [4.69, 9.17) is 19.7 Å². The Labute approximate surface area is 200 Å². The molecule has 0 spiro atoms. The van der Waals surface area contributed by atoms with Crippen LogP contribution in [0.4, 0.5) is 13.2 Å². The summed E-state index contributed by atoms with van der Waals surface area (Å²) in [6.45, 7) is 4.32. The van der Waals surface area contributed by atoms with E-state index < -0.39 is 17.0 Å². The molecule has 1 saturated heterocycles. The molecule has 35 heavy (non-hydrogen) atoms. The molecule has 5 fully saturated rings.